The molecule has 0 aliphatic heterocycles. The number of urea groups is 1. The molecule has 0 bridgehead atoms. The van der Waals surface area contributed by atoms with Crippen LogP contribution in [0.4, 0.5) is 4.79 Å². The van der Waals surface area contributed by atoms with Crippen molar-refractivity contribution in [3.05, 3.63) is 0 Å². The van der Waals surface area contributed by atoms with Gasteiger partial charge in [-0.25, -0.2) is 4.79 Å². The topological polar surface area (TPSA) is 78.4 Å². The summed E-state index contributed by atoms with van der Waals surface area (Å²) in [5.74, 6) is -0.352. The second-order valence-electron chi connectivity index (χ2n) is 7.65. The molecule has 1 aliphatic carbocycles. The highest BCUT2D eigenvalue weighted by molar-refractivity contribution is 5.76. The fraction of sp³-hybridized carbons (Fsp3) is 0.867. The Morgan fingerprint density at radius 1 is 1.20 bits per heavy atom. The lowest BCUT2D eigenvalue weighted by Crippen LogP contribution is -2.52. The second kappa shape index (κ2) is 6.02. The molecular weight excluding hydrogens is 256 g/mol. The van der Waals surface area contributed by atoms with E-state index in [1.807, 2.05) is 34.6 Å². The van der Waals surface area contributed by atoms with E-state index in [0.29, 0.717) is 12.3 Å². The van der Waals surface area contributed by atoms with Crippen LogP contribution in [0.15, 0.2) is 0 Å². The van der Waals surface area contributed by atoms with Gasteiger partial charge in [0.05, 0.1) is 6.42 Å². The summed E-state index contributed by atoms with van der Waals surface area (Å²) in [6.45, 7) is 10.1. The van der Waals surface area contributed by atoms with Gasteiger partial charge in [-0.15, -0.1) is 0 Å². The van der Waals surface area contributed by atoms with Crippen molar-refractivity contribution in [1.29, 1.82) is 0 Å². The van der Waals surface area contributed by atoms with Crippen LogP contribution in [-0.2, 0) is 4.79 Å². The minimum atomic E-state index is -0.888. The molecule has 0 radical (unpaired) electrons. The van der Waals surface area contributed by atoms with Crippen LogP contribution in [0.1, 0.15) is 60.3 Å². The SMILES string of the molecule is CC(C)(C)CC(CC(=O)O)NC(=O)NC(C)(C)C1CC1. The van der Waals surface area contributed by atoms with E-state index in [9.17, 15) is 9.59 Å². The van der Waals surface area contributed by atoms with Gasteiger partial charge in [0.1, 0.15) is 0 Å². The summed E-state index contributed by atoms with van der Waals surface area (Å²) in [6.07, 6.45) is 2.88. The molecule has 0 aromatic rings. The number of hydrogen-bond donors (Lipinski definition) is 3. The van der Waals surface area contributed by atoms with E-state index in [1.54, 1.807) is 0 Å². The van der Waals surface area contributed by atoms with E-state index in [-0.39, 0.29) is 29.4 Å². The van der Waals surface area contributed by atoms with Gasteiger partial charge in [-0.1, -0.05) is 20.8 Å². The maximum Gasteiger partial charge on any atom is 0.315 e. The van der Waals surface area contributed by atoms with Gasteiger partial charge in [-0.3, -0.25) is 4.79 Å². The Balaban J connectivity index is 2.54. The summed E-state index contributed by atoms with van der Waals surface area (Å²) >= 11 is 0. The largest absolute Gasteiger partial charge is 0.481 e. The van der Waals surface area contributed by atoms with Gasteiger partial charge in [0.2, 0.25) is 0 Å². The summed E-state index contributed by atoms with van der Waals surface area (Å²) in [4.78, 5) is 23.0. The van der Waals surface area contributed by atoms with Crippen LogP contribution >= 0.6 is 0 Å². The molecule has 116 valence electrons. The number of carbonyl (C=O) groups is 2. The quantitative estimate of drug-likeness (QED) is 0.701. The first-order valence-electron chi connectivity index (χ1n) is 7.30. The van der Waals surface area contributed by atoms with Crippen molar-refractivity contribution in [1.82, 2.24) is 10.6 Å². The summed E-state index contributed by atoms with van der Waals surface area (Å²) in [7, 11) is 0. The highest BCUT2D eigenvalue weighted by Gasteiger charge is 2.39. The van der Waals surface area contributed by atoms with Gasteiger partial charge in [-0.2, -0.15) is 0 Å². The van der Waals surface area contributed by atoms with Crippen molar-refractivity contribution in [3.63, 3.8) is 0 Å². The number of aliphatic carboxylic acids is 1. The van der Waals surface area contributed by atoms with Gasteiger partial charge >= 0.3 is 12.0 Å². The normalized spacial score (nSPS) is 17.4. The van der Waals surface area contributed by atoms with E-state index in [2.05, 4.69) is 10.6 Å². The average Bonchev–Trinajstić information content (AvgIpc) is 2.93. The lowest BCUT2D eigenvalue weighted by molar-refractivity contribution is -0.137. The van der Waals surface area contributed by atoms with E-state index in [1.165, 1.54) is 0 Å². The first-order valence-corrected chi connectivity index (χ1v) is 7.30. The highest BCUT2D eigenvalue weighted by Crippen LogP contribution is 2.39. The summed E-state index contributed by atoms with van der Waals surface area (Å²) < 4.78 is 0. The van der Waals surface area contributed by atoms with Crippen molar-refractivity contribution < 1.29 is 14.7 Å². The van der Waals surface area contributed by atoms with E-state index >= 15 is 0 Å². The molecule has 1 aliphatic rings. The van der Waals surface area contributed by atoms with E-state index in [0.717, 1.165) is 12.8 Å². The molecular formula is C15H28N2O3. The number of nitrogens with one attached hydrogen (secondary N) is 2. The Kier molecular flexibility index (Phi) is 5.05. The molecule has 0 aromatic heterocycles. The van der Waals surface area contributed by atoms with Crippen LogP contribution in [0.25, 0.3) is 0 Å². The maximum absolute atomic E-state index is 12.1. The third-order valence-electron chi connectivity index (χ3n) is 3.65. The molecule has 0 heterocycles. The predicted octanol–water partition coefficient (Wildman–Crippen LogP) is 2.75. The van der Waals surface area contributed by atoms with Crippen molar-refractivity contribution in [2.75, 3.05) is 0 Å². The second-order valence-corrected chi connectivity index (χ2v) is 7.65. The minimum Gasteiger partial charge on any atom is -0.481 e. The van der Waals surface area contributed by atoms with Crippen LogP contribution in [-0.4, -0.2) is 28.7 Å². The van der Waals surface area contributed by atoms with Crippen molar-refractivity contribution in [2.45, 2.75) is 71.9 Å². The summed E-state index contributed by atoms with van der Waals surface area (Å²) in [5.41, 5.74) is -0.251. The van der Waals surface area contributed by atoms with Gasteiger partial charge in [0, 0.05) is 11.6 Å². The molecule has 0 aromatic carbocycles. The number of amides is 2. The zero-order valence-corrected chi connectivity index (χ0v) is 13.2. The number of carboxylic acid groups (broad SMARTS) is 1. The van der Waals surface area contributed by atoms with Crippen LogP contribution in [0, 0.1) is 11.3 Å². The third-order valence-corrected chi connectivity index (χ3v) is 3.65. The van der Waals surface area contributed by atoms with Crippen LogP contribution in [0.2, 0.25) is 0 Å². The van der Waals surface area contributed by atoms with Gasteiger partial charge in [0.25, 0.3) is 0 Å². The molecule has 2 amide bonds. The van der Waals surface area contributed by atoms with Gasteiger partial charge in [0.15, 0.2) is 0 Å². The predicted molar refractivity (Wildman–Crippen MR) is 78.6 cm³/mol. The molecule has 5 nitrogen and oxygen atoms in total. The Labute approximate surface area is 121 Å². The Bertz CT molecular complexity index is 368. The Morgan fingerprint density at radius 3 is 2.15 bits per heavy atom. The van der Waals surface area contributed by atoms with Gasteiger partial charge in [-0.05, 0) is 44.4 Å². The minimum absolute atomic E-state index is 0.0284. The van der Waals surface area contributed by atoms with Crippen LogP contribution in [0.5, 0.6) is 0 Å². The zero-order valence-electron chi connectivity index (χ0n) is 13.2. The van der Waals surface area contributed by atoms with E-state index in [4.69, 9.17) is 5.11 Å². The van der Waals surface area contributed by atoms with E-state index < -0.39 is 5.97 Å². The Hall–Kier alpha value is -1.26. The smallest absolute Gasteiger partial charge is 0.315 e. The number of carboxylic acids is 1. The number of hydrogen-bond acceptors (Lipinski definition) is 2. The summed E-state index contributed by atoms with van der Waals surface area (Å²) in [5, 5.41) is 14.7. The fourth-order valence-corrected chi connectivity index (χ4v) is 2.55. The maximum atomic E-state index is 12.1. The molecule has 5 heteroatoms. The standard InChI is InChI=1S/C15H28N2O3/c1-14(2,3)9-11(8-12(18)19)16-13(20)17-15(4,5)10-6-7-10/h10-11H,6-9H2,1-5H3,(H,18,19)(H2,16,17,20). The third kappa shape index (κ3) is 6.26. The first-order chi connectivity index (χ1) is 8.99. The molecule has 1 atom stereocenters. The molecule has 1 rings (SSSR count). The molecule has 0 saturated heterocycles. The number of rotatable bonds is 6. The molecule has 1 saturated carbocycles. The zero-order chi connectivity index (χ0) is 15.6. The molecule has 0 spiro atoms. The number of carbonyl (C=O) groups excluding carboxylic acids is 1. The molecule has 1 fully saturated rings. The Morgan fingerprint density at radius 2 is 1.75 bits per heavy atom. The summed E-state index contributed by atoms with van der Waals surface area (Å²) in [6, 6.07) is -0.611. The van der Waals surface area contributed by atoms with Crippen LogP contribution < -0.4 is 10.6 Å². The fourth-order valence-electron chi connectivity index (χ4n) is 2.55. The van der Waals surface area contributed by atoms with Gasteiger partial charge < -0.3 is 15.7 Å². The highest BCUT2D eigenvalue weighted by atomic mass is 16.4. The molecule has 3 N–H and O–H groups in total. The van der Waals surface area contributed by atoms with Crippen molar-refractivity contribution >= 4 is 12.0 Å². The van der Waals surface area contributed by atoms with Crippen LogP contribution in [0.3, 0.4) is 0 Å². The lowest BCUT2D eigenvalue weighted by Gasteiger charge is -2.30. The first kappa shape index (κ1) is 16.8. The van der Waals surface area contributed by atoms with Crippen molar-refractivity contribution in [2.24, 2.45) is 11.3 Å². The average molecular weight is 284 g/mol. The lowest BCUT2D eigenvalue weighted by atomic mass is 9.87. The molecule has 20 heavy (non-hydrogen) atoms. The van der Waals surface area contributed by atoms with Crippen molar-refractivity contribution in [3.8, 4) is 0 Å². The monoisotopic (exact) mass is 284 g/mol. The molecule has 1 unspecified atom stereocenters.